The van der Waals surface area contributed by atoms with E-state index in [4.69, 9.17) is 9.15 Å². The number of ether oxygens (including phenoxy) is 1. The Morgan fingerprint density at radius 3 is 2.80 bits per heavy atom. The van der Waals surface area contributed by atoms with Gasteiger partial charge in [0.05, 0.1) is 12.3 Å². The van der Waals surface area contributed by atoms with Crippen LogP contribution in [0, 0.1) is 6.92 Å². The van der Waals surface area contributed by atoms with Gasteiger partial charge in [0.1, 0.15) is 11.5 Å². The summed E-state index contributed by atoms with van der Waals surface area (Å²) >= 11 is 0. The maximum atomic E-state index is 12.1. The van der Waals surface area contributed by atoms with Crippen molar-refractivity contribution in [3.8, 4) is 5.75 Å². The van der Waals surface area contributed by atoms with E-state index in [9.17, 15) is 4.79 Å². The van der Waals surface area contributed by atoms with E-state index in [1.54, 1.807) is 18.2 Å². The molecule has 0 aliphatic rings. The minimum absolute atomic E-state index is 0.0189. The van der Waals surface area contributed by atoms with Crippen LogP contribution in [0.15, 0.2) is 47.1 Å². The van der Waals surface area contributed by atoms with E-state index in [0.29, 0.717) is 5.75 Å². The first-order valence-corrected chi connectivity index (χ1v) is 6.56. The van der Waals surface area contributed by atoms with Crippen LogP contribution in [0.3, 0.4) is 0 Å². The van der Waals surface area contributed by atoms with Gasteiger partial charge in [0.15, 0.2) is 6.61 Å². The Labute approximate surface area is 119 Å². The number of aryl methyl sites for hydroxylation is 1. The number of hydrogen-bond donors (Lipinski definition) is 0. The highest BCUT2D eigenvalue weighted by atomic mass is 16.5. The van der Waals surface area contributed by atoms with Crippen LogP contribution >= 0.6 is 0 Å². The zero-order valence-corrected chi connectivity index (χ0v) is 12.0. The molecule has 20 heavy (non-hydrogen) atoms. The molecule has 4 nitrogen and oxygen atoms in total. The largest absolute Gasteiger partial charge is 0.484 e. The summed E-state index contributed by atoms with van der Waals surface area (Å²) in [6, 6.07) is 11.2. The molecule has 0 spiro atoms. The predicted molar refractivity (Wildman–Crippen MR) is 76.6 cm³/mol. The van der Waals surface area contributed by atoms with Crippen molar-refractivity contribution < 1.29 is 13.9 Å². The average molecular weight is 273 g/mol. The van der Waals surface area contributed by atoms with Gasteiger partial charge < -0.3 is 14.1 Å². The second-order valence-electron chi connectivity index (χ2n) is 4.80. The summed E-state index contributed by atoms with van der Waals surface area (Å²) in [5.74, 6) is 1.38. The van der Waals surface area contributed by atoms with Crippen LogP contribution in [0.5, 0.6) is 5.75 Å². The fourth-order valence-electron chi connectivity index (χ4n) is 1.89. The minimum atomic E-state index is -0.112. The van der Waals surface area contributed by atoms with Crippen LogP contribution in [0.25, 0.3) is 0 Å². The standard InChI is InChI=1S/C16H19NO3/c1-12-6-4-7-14(10-12)20-11-16(18)17(3)13(2)15-8-5-9-19-15/h4-10,13H,11H2,1-3H3. The summed E-state index contributed by atoms with van der Waals surface area (Å²) in [7, 11) is 1.75. The van der Waals surface area contributed by atoms with Gasteiger partial charge in [0, 0.05) is 7.05 Å². The van der Waals surface area contributed by atoms with Crippen molar-refractivity contribution in [1.29, 1.82) is 0 Å². The first-order chi connectivity index (χ1) is 9.58. The maximum absolute atomic E-state index is 12.1. The van der Waals surface area contributed by atoms with Gasteiger partial charge in [-0.3, -0.25) is 4.79 Å². The van der Waals surface area contributed by atoms with E-state index in [1.807, 2.05) is 50.2 Å². The molecule has 0 saturated heterocycles. The Morgan fingerprint density at radius 1 is 1.35 bits per heavy atom. The molecule has 1 unspecified atom stereocenters. The lowest BCUT2D eigenvalue weighted by molar-refractivity contribution is -0.134. The molecule has 1 aromatic carbocycles. The second-order valence-corrected chi connectivity index (χ2v) is 4.80. The third-order valence-corrected chi connectivity index (χ3v) is 3.28. The Bertz CT molecular complexity index is 563. The Morgan fingerprint density at radius 2 is 2.15 bits per heavy atom. The molecule has 106 valence electrons. The van der Waals surface area contributed by atoms with Crippen LogP contribution in [-0.2, 0) is 4.79 Å². The van der Waals surface area contributed by atoms with Gasteiger partial charge >= 0.3 is 0 Å². The first-order valence-electron chi connectivity index (χ1n) is 6.56. The Hall–Kier alpha value is -2.23. The number of carbonyl (C=O) groups excluding carboxylic acids is 1. The Balaban J connectivity index is 1.91. The fourth-order valence-corrected chi connectivity index (χ4v) is 1.89. The zero-order valence-electron chi connectivity index (χ0n) is 12.0. The van der Waals surface area contributed by atoms with E-state index in [2.05, 4.69) is 0 Å². The summed E-state index contributed by atoms with van der Waals surface area (Å²) in [4.78, 5) is 13.7. The zero-order chi connectivity index (χ0) is 14.5. The molecule has 1 aromatic heterocycles. The van der Waals surface area contributed by atoms with Gasteiger partial charge in [-0.2, -0.15) is 0 Å². The van der Waals surface area contributed by atoms with Crippen LogP contribution in [0.1, 0.15) is 24.3 Å². The molecule has 0 saturated carbocycles. The molecule has 0 fully saturated rings. The topological polar surface area (TPSA) is 42.7 Å². The van der Waals surface area contributed by atoms with Crippen molar-refractivity contribution in [2.45, 2.75) is 19.9 Å². The summed E-state index contributed by atoms with van der Waals surface area (Å²) < 4.78 is 10.8. The number of carbonyl (C=O) groups is 1. The number of rotatable bonds is 5. The molecule has 0 aliphatic heterocycles. The molecule has 0 radical (unpaired) electrons. The summed E-state index contributed by atoms with van der Waals surface area (Å²) in [6.07, 6.45) is 1.60. The third kappa shape index (κ3) is 3.41. The third-order valence-electron chi connectivity index (χ3n) is 3.28. The highest BCUT2D eigenvalue weighted by Gasteiger charge is 2.19. The smallest absolute Gasteiger partial charge is 0.260 e. The van der Waals surface area contributed by atoms with Crippen molar-refractivity contribution in [2.24, 2.45) is 0 Å². The second kappa shape index (κ2) is 6.28. The normalized spacial score (nSPS) is 11.9. The summed E-state index contributed by atoms with van der Waals surface area (Å²) in [5, 5.41) is 0. The van der Waals surface area contributed by atoms with Crippen LogP contribution in [0.2, 0.25) is 0 Å². The lowest BCUT2D eigenvalue weighted by Crippen LogP contribution is -2.33. The maximum Gasteiger partial charge on any atom is 0.260 e. The van der Waals surface area contributed by atoms with Crippen LogP contribution < -0.4 is 4.74 Å². The molecule has 1 atom stereocenters. The van der Waals surface area contributed by atoms with Crippen molar-refractivity contribution in [2.75, 3.05) is 13.7 Å². The van der Waals surface area contributed by atoms with Gasteiger partial charge in [-0.05, 0) is 43.7 Å². The monoisotopic (exact) mass is 273 g/mol. The van der Waals surface area contributed by atoms with Crippen LogP contribution in [0.4, 0.5) is 0 Å². The lowest BCUT2D eigenvalue weighted by atomic mass is 10.2. The molecule has 2 rings (SSSR count). The van der Waals surface area contributed by atoms with Crippen molar-refractivity contribution >= 4 is 5.91 Å². The molecule has 2 aromatic rings. The van der Waals surface area contributed by atoms with Gasteiger partial charge in [0.25, 0.3) is 5.91 Å². The lowest BCUT2D eigenvalue weighted by Gasteiger charge is -2.23. The molecular weight excluding hydrogens is 254 g/mol. The molecule has 1 amide bonds. The highest BCUT2D eigenvalue weighted by Crippen LogP contribution is 2.19. The number of nitrogens with zero attached hydrogens (tertiary/aromatic N) is 1. The van der Waals surface area contributed by atoms with Crippen molar-refractivity contribution in [1.82, 2.24) is 4.90 Å². The first kappa shape index (κ1) is 14.2. The van der Waals surface area contributed by atoms with Crippen molar-refractivity contribution in [3.05, 3.63) is 54.0 Å². The van der Waals surface area contributed by atoms with Crippen LogP contribution in [-0.4, -0.2) is 24.5 Å². The molecule has 0 bridgehead atoms. The Kier molecular flexibility index (Phi) is 4.45. The van der Waals surface area contributed by atoms with E-state index in [-0.39, 0.29) is 18.6 Å². The number of benzene rings is 1. The number of furan rings is 1. The fraction of sp³-hybridized carbons (Fsp3) is 0.312. The average Bonchev–Trinajstić information content (AvgIpc) is 2.97. The molecule has 4 heteroatoms. The molecule has 0 aliphatic carbocycles. The van der Waals surface area contributed by atoms with Crippen molar-refractivity contribution in [3.63, 3.8) is 0 Å². The highest BCUT2D eigenvalue weighted by molar-refractivity contribution is 5.77. The molecular formula is C16H19NO3. The quantitative estimate of drug-likeness (QED) is 0.840. The minimum Gasteiger partial charge on any atom is -0.484 e. The van der Waals surface area contributed by atoms with Gasteiger partial charge in [-0.15, -0.1) is 0 Å². The summed E-state index contributed by atoms with van der Waals surface area (Å²) in [6.45, 7) is 3.92. The van der Waals surface area contributed by atoms with Gasteiger partial charge in [-0.25, -0.2) is 0 Å². The molecule has 1 heterocycles. The van der Waals surface area contributed by atoms with Gasteiger partial charge in [0.2, 0.25) is 0 Å². The molecule has 0 N–H and O–H groups in total. The number of likely N-dealkylation sites (N-methyl/N-ethyl adjacent to an activating group) is 1. The SMILES string of the molecule is Cc1cccc(OCC(=O)N(C)C(C)c2ccco2)c1. The predicted octanol–water partition coefficient (Wildman–Crippen LogP) is 3.19. The van der Waals surface area contributed by atoms with E-state index in [0.717, 1.165) is 11.3 Å². The number of amides is 1. The number of hydrogen-bond acceptors (Lipinski definition) is 3. The van der Waals surface area contributed by atoms with E-state index >= 15 is 0 Å². The van der Waals surface area contributed by atoms with E-state index < -0.39 is 0 Å². The summed E-state index contributed by atoms with van der Waals surface area (Å²) in [5.41, 5.74) is 1.10. The van der Waals surface area contributed by atoms with Gasteiger partial charge in [-0.1, -0.05) is 12.1 Å². The van der Waals surface area contributed by atoms with E-state index in [1.165, 1.54) is 0 Å².